The molecule has 0 aliphatic heterocycles. The lowest BCUT2D eigenvalue weighted by Crippen LogP contribution is -2.10. The summed E-state index contributed by atoms with van der Waals surface area (Å²) in [5.41, 5.74) is 2.74. The molecule has 36 heavy (non-hydrogen) atoms. The van der Waals surface area contributed by atoms with Crippen molar-refractivity contribution >= 4 is 51.4 Å². The zero-order valence-corrected chi connectivity index (χ0v) is 19.6. The van der Waals surface area contributed by atoms with Crippen molar-refractivity contribution < 1.29 is 14.3 Å². The predicted octanol–water partition coefficient (Wildman–Crippen LogP) is 6.98. The van der Waals surface area contributed by atoms with Crippen LogP contribution < -0.4 is 10.5 Å². The maximum Gasteiger partial charge on any atom is 0.346 e. The molecule has 2 heterocycles. The molecule has 0 bridgehead atoms. The maximum atomic E-state index is 12.9. The molecular formula is C29H18N2O4S. The number of hydrogen-bond acceptors (Lipinski definition) is 6. The molecule has 0 fully saturated rings. The van der Waals surface area contributed by atoms with Gasteiger partial charge in [-0.15, -0.1) is 11.3 Å². The molecular weight excluding hydrogens is 472 g/mol. The van der Waals surface area contributed by atoms with Gasteiger partial charge in [0.1, 0.15) is 17.2 Å². The summed E-state index contributed by atoms with van der Waals surface area (Å²) in [6.07, 6.45) is 1.28. The van der Waals surface area contributed by atoms with Crippen LogP contribution in [0.15, 0.2) is 112 Å². The molecule has 5 aromatic rings. The van der Waals surface area contributed by atoms with Gasteiger partial charge in [-0.05, 0) is 60.7 Å². The molecule has 0 unspecified atom stereocenters. The molecule has 0 saturated carbocycles. The number of benzene rings is 3. The Kier molecular flexibility index (Phi) is 6.18. The van der Waals surface area contributed by atoms with Crippen LogP contribution in [-0.2, 0) is 4.79 Å². The fourth-order valence-electron chi connectivity index (χ4n) is 3.87. The van der Waals surface area contributed by atoms with Crippen molar-refractivity contribution in [2.24, 2.45) is 0 Å². The predicted molar refractivity (Wildman–Crippen MR) is 142 cm³/mol. The van der Waals surface area contributed by atoms with E-state index in [1.54, 1.807) is 24.3 Å². The van der Waals surface area contributed by atoms with Gasteiger partial charge >= 0.3 is 11.6 Å². The first-order valence-electron chi connectivity index (χ1n) is 11.0. The normalized spacial score (nSPS) is 11.2. The SMILES string of the molecule is N#CC(=Cc1ccc(-c2cc3ccc(N(c4ccccc4)c4ccccc4)cc3oc2=O)s1)C(=O)O. The van der Waals surface area contributed by atoms with Gasteiger partial charge in [0.2, 0.25) is 0 Å². The van der Waals surface area contributed by atoms with Gasteiger partial charge < -0.3 is 14.4 Å². The Bertz CT molecular complexity index is 1660. The lowest BCUT2D eigenvalue weighted by Gasteiger charge is -2.25. The average molecular weight is 491 g/mol. The average Bonchev–Trinajstić information content (AvgIpc) is 3.36. The van der Waals surface area contributed by atoms with Crippen molar-refractivity contribution in [1.82, 2.24) is 0 Å². The molecule has 0 saturated heterocycles. The van der Waals surface area contributed by atoms with Crippen molar-refractivity contribution in [2.75, 3.05) is 4.90 Å². The Morgan fingerprint density at radius 1 is 0.889 bits per heavy atom. The summed E-state index contributed by atoms with van der Waals surface area (Å²) in [7, 11) is 0. The van der Waals surface area contributed by atoms with Gasteiger partial charge in [-0.2, -0.15) is 5.26 Å². The quantitative estimate of drug-likeness (QED) is 0.157. The van der Waals surface area contributed by atoms with Crippen LogP contribution in [0, 0.1) is 11.3 Å². The van der Waals surface area contributed by atoms with Crippen LogP contribution in [0.25, 0.3) is 27.5 Å². The highest BCUT2D eigenvalue weighted by molar-refractivity contribution is 7.16. The number of nitriles is 1. The van der Waals surface area contributed by atoms with Crippen LogP contribution in [0.3, 0.4) is 0 Å². The highest BCUT2D eigenvalue weighted by atomic mass is 32.1. The molecule has 0 radical (unpaired) electrons. The fourth-order valence-corrected chi connectivity index (χ4v) is 4.83. The minimum Gasteiger partial charge on any atom is -0.477 e. The lowest BCUT2D eigenvalue weighted by molar-refractivity contribution is -0.132. The summed E-state index contributed by atoms with van der Waals surface area (Å²) in [5.74, 6) is -1.30. The van der Waals surface area contributed by atoms with Crippen molar-refractivity contribution in [3.63, 3.8) is 0 Å². The van der Waals surface area contributed by atoms with Crippen LogP contribution >= 0.6 is 11.3 Å². The van der Waals surface area contributed by atoms with E-state index in [0.717, 1.165) is 22.4 Å². The summed E-state index contributed by atoms with van der Waals surface area (Å²) in [5, 5.41) is 18.8. The molecule has 0 aliphatic carbocycles. The van der Waals surface area contributed by atoms with Crippen LogP contribution in [0.2, 0.25) is 0 Å². The molecule has 0 aliphatic rings. The van der Waals surface area contributed by atoms with E-state index in [1.807, 2.05) is 78.9 Å². The molecule has 5 rings (SSSR count). The summed E-state index contributed by atoms with van der Waals surface area (Å²) < 4.78 is 5.72. The van der Waals surface area contributed by atoms with E-state index in [-0.39, 0.29) is 5.57 Å². The summed E-state index contributed by atoms with van der Waals surface area (Å²) in [6, 6.07) is 32.4. The minimum atomic E-state index is -1.30. The lowest BCUT2D eigenvalue weighted by atomic mass is 10.1. The first-order chi connectivity index (χ1) is 17.5. The van der Waals surface area contributed by atoms with Gasteiger partial charge in [0, 0.05) is 38.3 Å². The zero-order chi connectivity index (χ0) is 25.1. The first kappa shape index (κ1) is 22.8. The van der Waals surface area contributed by atoms with Crippen LogP contribution in [-0.4, -0.2) is 11.1 Å². The highest BCUT2D eigenvalue weighted by Crippen LogP contribution is 2.36. The second kappa shape index (κ2) is 9.74. The van der Waals surface area contributed by atoms with Crippen molar-refractivity contribution in [3.05, 3.63) is 118 Å². The number of nitrogens with zero attached hydrogens (tertiary/aromatic N) is 2. The third-order valence-electron chi connectivity index (χ3n) is 5.54. The van der Waals surface area contributed by atoms with E-state index in [9.17, 15) is 9.59 Å². The van der Waals surface area contributed by atoms with E-state index < -0.39 is 11.6 Å². The van der Waals surface area contributed by atoms with E-state index in [4.69, 9.17) is 14.8 Å². The number of carbonyl (C=O) groups is 1. The number of thiophene rings is 1. The number of rotatable bonds is 6. The smallest absolute Gasteiger partial charge is 0.346 e. The van der Waals surface area contributed by atoms with Gasteiger partial charge in [-0.1, -0.05) is 36.4 Å². The number of aliphatic carboxylic acids is 1. The number of carboxylic acids is 1. The van der Waals surface area contributed by atoms with Crippen LogP contribution in [0.5, 0.6) is 0 Å². The molecule has 0 spiro atoms. The van der Waals surface area contributed by atoms with Gasteiger partial charge in [0.25, 0.3) is 0 Å². The Morgan fingerprint density at radius 2 is 1.56 bits per heavy atom. The second-order valence-electron chi connectivity index (χ2n) is 7.85. The van der Waals surface area contributed by atoms with E-state index in [0.29, 0.717) is 20.9 Å². The van der Waals surface area contributed by atoms with E-state index in [2.05, 4.69) is 4.90 Å². The van der Waals surface area contributed by atoms with Crippen molar-refractivity contribution in [1.29, 1.82) is 5.26 Å². The molecule has 0 atom stereocenters. The highest BCUT2D eigenvalue weighted by Gasteiger charge is 2.15. The number of hydrogen-bond donors (Lipinski definition) is 1. The number of para-hydroxylation sites is 2. The molecule has 3 aromatic carbocycles. The largest absolute Gasteiger partial charge is 0.477 e. The summed E-state index contributed by atoms with van der Waals surface area (Å²) in [4.78, 5) is 27.3. The Morgan fingerprint density at radius 3 is 2.17 bits per heavy atom. The van der Waals surface area contributed by atoms with Crippen LogP contribution in [0.1, 0.15) is 4.88 Å². The molecule has 1 N–H and O–H groups in total. The topological polar surface area (TPSA) is 94.5 Å². The Hall–Kier alpha value is -4.93. The maximum absolute atomic E-state index is 12.9. The van der Waals surface area contributed by atoms with Crippen molar-refractivity contribution in [3.8, 4) is 16.5 Å². The molecule has 2 aromatic heterocycles. The molecule has 7 heteroatoms. The third kappa shape index (κ3) is 4.53. The Balaban J connectivity index is 1.56. The Labute approximate surface area is 210 Å². The minimum absolute atomic E-state index is 0.372. The molecule has 174 valence electrons. The van der Waals surface area contributed by atoms with Gasteiger partial charge in [-0.25, -0.2) is 9.59 Å². The number of anilines is 3. The van der Waals surface area contributed by atoms with E-state index >= 15 is 0 Å². The van der Waals surface area contributed by atoms with Gasteiger partial charge in [0.05, 0.1) is 5.56 Å². The van der Waals surface area contributed by atoms with Crippen LogP contribution in [0.4, 0.5) is 17.1 Å². The fraction of sp³-hybridized carbons (Fsp3) is 0. The summed E-state index contributed by atoms with van der Waals surface area (Å²) >= 11 is 1.21. The zero-order valence-electron chi connectivity index (χ0n) is 18.8. The van der Waals surface area contributed by atoms with Gasteiger partial charge in [0.15, 0.2) is 0 Å². The molecule has 0 amide bonds. The van der Waals surface area contributed by atoms with Gasteiger partial charge in [-0.3, -0.25) is 0 Å². The molecule has 6 nitrogen and oxygen atoms in total. The standard InChI is InChI=1S/C29H18N2O4S/c30-18-20(28(32)33)15-24-13-14-27(36-24)25-16-19-11-12-23(17-26(19)35-29(25)34)31(21-7-3-1-4-8-21)22-9-5-2-6-10-22/h1-17H,(H,32,33). The first-order valence-corrected chi connectivity index (χ1v) is 11.8. The van der Waals surface area contributed by atoms with E-state index in [1.165, 1.54) is 17.4 Å². The number of fused-ring (bicyclic) bond motifs is 1. The second-order valence-corrected chi connectivity index (χ2v) is 8.97. The number of carboxylic acid groups (broad SMARTS) is 1. The monoisotopic (exact) mass is 490 g/mol. The summed E-state index contributed by atoms with van der Waals surface area (Å²) in [6.45, 7) is 0. The van der Waals surface area contributed by atoms with Crippen molar-refractivity contribution in [2.45, 2.75) is 0 Å². The third-order valence-corrected chi connectivity index (χ3v) is 6.60.